The third kappa shape index (κ3) is 6.02. The Morgan fingerprint density at radius 2 is 2.05 bits per heavy atom. The summed E-state index contributed by atoms with van der Waals surface area (Å²) in [6, 6.07) is 5.61. The molecule has 222 valence electrons. The number of nitrogens with one attached hydrogen (secondary N) is 1. The molecule has 43 heavy (non-hydrogen) atoms. The van der Waals surface area contributed by atoms with Gasteiger partial charge in [0.05, 0.1) is 29.6 Å². The fraction of sp³-hybridized carbons (Fsp3) is 0.300. The van der Waals surface area contributed by atoms with Crippen molar-refractivity contribution in [1.29, 1.82) is 0 Å². The second kappa shape index (κ2) is 11.8. The summed E-state index contributed by atoms with van der Waals surface area (Å²) in [6.45, 7) is 4.42. The maximum atomic E-state index is 15.2. The van der Waals surface area contributed by atoms with Crippen molar-refractivity contribution < 1.29 is 23.0 Å². The lowest BCUT2D eigenvalue weighted by Crippen LogP contribution is -2.56. The Balaban J connectivity index is 1.24. The molecule has 0 aliphatic carbocycles. The van der Waals surface area contributed by atoms with Crippen molar-refractivity contribution in [3.05, 3.63) is 72.3 Å². The summed E-state index contributed by atoms with van der Waals surface area (Å²) >= 11 is 0. The lowest BCUT2D eigenvalue weighted by Gasteiger charge is -2.39. The molecule has 1 atom stereocenters. The summed E-state index contributed by atoms with van der Waals surface area (Å²) < 4.78 is 40.6. The molecule has 0 saturated carbocycles. The van der Waals surface area contributed by atoms with Gasteiger partial charge in [-0.05, 0) is 32.6 Å². The van der Waals surface area contributed by atoms with Gasteiger partial charge in [0.15, 0.2) is 17.4 Å². The summed E-state index contributed by atoms with van der Waals surface area (Å²) in [5.74, 6) is 0.679. The van der Waals surface area contributed by atoms with Gasteiger partial charge in [0.2, 0.25) is 5.91 Å². The quantitative estimate of drug-likeness (QED) is 0.318. The molecule has 0 spiro atoms. The molecule has 13 heteroatoms. The van der Waals surface area contributed by atoms with E-state index in [1.165, 1.54) is 24.7 Å². The number of pyridine rings is 2. The highest BCUT2D eigenvalue weighted by molar-refractivity contribution is 5.91. The van der Waals surface area contributed by atoms with Crippen LogP contribution in [0.1, 0.15) is 5.56 Å². The minimum Gasteiger partial charge on any atom is -0.487 e. The standard InChI is InChI=1S/C30H30F2N8O3/c1-18-9-23(22(32)11-25(18)43-21-10-19(31)13-33-14-21)36-29-28-24(34-17-35-29)12-26-30(37-28)39-7-8-40(20(15-39)16-42-26)27(41)5-4-6-38(2)3/h4-5,9-14,17,20H,6-8,15-16H2,1-3H3,(H,34,35,36)/b5-4+. The van der Waals surface area contributed by atoms with Crippen LogP contribution in [0.25, 0.3) is 11.0 Å². The molecule has 1 saturated heterocycles. The van der Waals surface area contributed by atoms with Crippen LogP contribution in [0, 0.1) is 18.6 Å². The number of carbonyl (C=O) groups is 1. The Morgan fingerprint density at radius 3 is 2.86 bits per heavy atom. The number of benzene rings is 1. The van der Waals surface area contributed by atoms with Crippen molar-refractivity contribution in [3.63, 3.8) is 0 Å². The minimum absolute atomic E-state index is 0.0436. The first-order valence-corrected chi connectivity index (χ1v) is 13.8. The van der Waals surface area contributed by atoms with Gasteiger partial charge in [0.25, 0.3) is 0 Å². The third-order valence-corrected chi connectivity index (χ3v) is 7.21. The number of hydrogen-bond acceptors (Lipinski definition) is 10. The Labute approximate surface area is 246 Å². The predicted molar refractivity (Wildman–Crippen MR) is 157 cm³/mol. The highest BCUT2D eigenvalue weighted by Gasteiger charge is 2.35. The van der Waals surface area contributed by atoms with E-state index in [1.807, 2.05) is 30.0 Å². The van der Waals surface area contributed by atoms with Gasteiger partial charge in [-0.15, -0.1) is 0 Å². The third-order valence-electron chi connectivity index (χ3n) is 7.21. The number of rotatable bonds is 7. The van der Waals surface area contributed by atoms with Crippen LogP contribution in [0.5, 0.6) is 17.2 Å². The summed E-state index contributed by atoms with van der Waals surface area (Å²) in [5.41, 5.74) is 1.72. The fourth-order valence-corrected chi connectivity index (χ4v) is 5.08. The van der Waals surface area contributed by atoms with Gasteiger partial charge in [-0.3, -0.25) is 9.78 Å². The molecule has 2 aliphatic heterocycles. The molecule has 1 unspecified atom stereocenters. The number of ether oxygens (including phenoxy) is 2. The van der Waals surface area contributed by atoms with Gasteiger partial charge in [-0.2, -0.15) is 0 Å². The number of piperazine rings is 1. The fourth-order valence-electron chi connectivity index (χ4n) is 5.08. The first-order chi connectivity index (χ1) is 20.7. The molecule has 6 rings (SSSR count). The van der Waals surface area contributed by atoms with E-state index in [4.69, 9.17) is 14.5 Å². The van der Waals surface area contributed by atoms with Gasteiger partial charge in [0.1, 0.15) is 41.6 Å². The first kappa shape index (κ1) is 28.2. The minimum atomic E-state index is -0.599. The van der Waals surface area contributed by atoms with Crippen LogP contribution in [0.4, 0.5) is 26.1 Å². The van der Waals surface area contributed by atoms with E-state index >= 15 is 4.39 Å². The van der Waals surface area contributed by atoms with Crippen molar-refractivity contribution in [2.24, 2.45) is 0 Å². The van der Waals surface area contributed by atoms with Crippen molar-refractivity contribution in [1.82, 2.24) is 29.7 Å². The van der Waals surface area contributed by atoms with E-state index in [-0.39, 0.29) is 29.1 Å². The van der Waals surface area contributed by atoms with Crippen molar-refractivity contribution >= 4 is 34.3 Å². The van der Waals surface area contributed by atoms with Crippen LogP contribution in [-0.2, 0) is 4.79 Å². The Hall–Kier alpha value is -4.91. The molecule has 1 amide bonds. The van der Waals surface area contributed by atoms with Gasteiger partial charge < -0.3 is 29.5 Å². The lowest BCUT2D eigenvalue weighted by molar-refractivity contribution is -0.129. The molecule has 5 heterocycles. The molecule has 0 radical (unpaired) electrons. The second-order valence-electron chi connectivity index (χ2n) is 10.7. The predicted octanol–water partition coefficient (Wildman–Crippen LogP) is 4.07. The SMILES string of the molecule is Cc1cc(Nc2ncnc3cc4c(nc23)N2CCN(C(=O)/C=C/CN(C)C)C(CO4)C2)c(F)cc1Oc1cncc(F)c1. The zero-order valence-corrected chi connectivity index (χ0v) is 23.9. The Bertz CT molecular complexity index is 1720. The number of aryl methyl sites for hydroxylation is 1. The van der Waals surface area contributed by atoms with E-state index in [0.717, 1.165) is 6.20 Å². The van der Waals surface area contributed by atoms with Crippen LogP contribution >= 0.6 is 0 Å². The van der Waals surface area contributed by atoms with Crippen LogP contribution in [0.2, 0.25) is 0 Å². The Kier molecular flexibility index (Phi) is 7.72. The first-order valence-electron chi connectivity index (χ1n) is 13.8. The van der Waals surface area contributed by atoms with Crippen molar-refractivity contribution in [3.8, 4) is 17.2 Å². The number of fused-ring (bicyclic) bond motifs is 5. The van der Waals surface area contributed by atoms with Crippen molar-refractivity contribution in [2.75, 3.05) is 57.1 Å². The van der Waals surface area contributed by atoms with Gasteiger partial charge in [-0.1, -0.05) is 6.08 Å². The van der Waals surface area contributed by atoms with E-state index in [9.17, 15) is 9.18 Å². The van der Waals surface area contributed by atoms with Gasteiger partial charge in [0, 0.05) is 50.5 Å². The van der Waals surface area contributed by atoms with Gasteiger partial charge in [-0.25, -0.2) is 23.7 Å². The van der Waals surface area contributed by atoms with Crippen LogP contribution < -0.4 is 19.7 Å². The van der Waals surface area contributed by atoms with E-state index in [1.54, 1.807) is 25.1 Å². The monoisotopic (exact) mass is 588 g/mol. The van der Waals surface area contributed by atoms with Crippen molar-refractivity contribution in [2.45, 2.75) is 13.0 Å². The van der Waals surface area contributed by atoms with Crippen LogP contribution in [0.15, 0.2) is 55.1 Å². The highest BCUT2D eigenvalue weighted by Crippen LogP contribution is 2.37. The molecule has 1 aromatic carbocycles. The molecule has 2 aliphatic rings. The maximum Gasteiger partial charge on any atom is 0.246 e. The number of amides is 1. The molecule has 2 bridgehead atoms. The molecular formula is C30H30F2N8O3. The topological polar surface area (TPSA) is 109 Å². The van der Waals surface area contributed by atoms with E-state index < -0.39 is 11.6 Å². The number of carbonyl (C=O) groups excluding carboxylic acids is 1. The summed E-state index contributed by atoms with van der Waals surface area (Å²) in [6.07, 6.45) is 7.25. The summed E-state index contributed by atoms with van der Waals surface area (Å²) in [7, 11) is 3.90. The van der Waals surface area contributed by atoms with Crippen LogP contribution in [-0.4, -0.2) is 88.6 Å². The number of aromatic nitrogens is 4. The van der Waals surface area contributed by atoms with Crippen LogP contribution in [0.3, 0.4) is 0 Å². The number of nitrogens with zero attached hydrogens (tertiary/aromatic N) is 7. The van der Waals surface area contributed by atoms with E-state index in [2.05, 4.69) is 25.2 Å². The largest absolute Gasteiger partial charge is 0.487 e. The summed E-state index contributed by atoms with van der Waals surface area (Å²) in [4.78, 5) is 36.2. The Morgan fingerprint density at radius 1 is 1.19 bits per heavy atom. The molecule has 3 aromatic heterocycles. The van der Waals surface area contributed by atoms with Gasteiger partial charge >= 0.3 is 0 Å². The normalized spacial score (nSPS) is 16.3. The number of anilines is 3. The molecule has 11 nitrogen and oxygen atoms in total. The molecule has 1 fully saturated rings. The molecule has 1 N–H and O–H groups in total. The number of likely N-dealkylation sites (N-methyl/N-ethyl adjacent to an activating group) is 1. The lowest BCUT2D eigenvalue weighted by atomic mass is 10.1. The second-order valence-corrected chi connectivity index (χ2v) is 10.7. The molecular weight excluding hydrogens is 558 g/mol. The number of halogens is 2. The smallest absolute Gasteiger partial charge is 0.246 e. The maximum absolute atomic E-state index is 15.2. The zero-order chi connectivity index (χ0) is 30.1. The van der Waals surface area contributed by atoms with E-state index in [0.29, 0.717) is 66.8 Å². The average Bonchev–Trinajstić information content (AvgIpc) is 3.10. The summed E-state index contributed by atoms with van der Waals surface area (Å²) in [5, 5.41) is 3.04. The highest BCUT2D eigenvalue weighted by atomic mass is 19.1. The molecule has 4 aromatic rings. The number of hydrogen-bond donors (Lipinski definition) is 1. The average molecular weight is 589 g/mol. The zero-order valence-electron chi connectivity index (χ0n) is 23.9.